The van der Waals surface area contributed by atoms with Crippen molar-refractivity contribution in [1.29, 1.82) is 0 Å². The predicted octanol–water partition coefficient (Wildman–Crippen LogP) is 2.79. The number of carbonyl (C=O) groups is 1. The SMILES string of the molecule is CC1CNCCN1C(=O)C1CC1c1cccc(Br)c1.Cl. The van der Waals surface area contributed by atoms with Gasteiger partial charge in [-0.05, 0) is 37.0 Å². The van der Waals surface area contributed by atoms with Crippen molar-refractivity contribution < 1.29 is 4.79 Å². The maximum absolute atomic E-state index is 12.5. The van der Waals surface area contributed by atoms with Gasteiger partial charge in [0.1, 0.15) is 0 Å². The zero-order chi connectivity index (χ0) is 13.4. The molecule has 1 saturated carbocycles. The number of halogens is 2. The van der Waals surface area contributed by atoms with Gasteiger partial charge in [0, 0.05) is 36.1 Å². The minimum Gasteiger partial charge on any atom is -0.337 e. The highest BCUT2D eigenvalue weighted by atomic mass is 79.9. The lowest BCUT2D eigenvalue weighted by Crippen LogP contribution is -2.52. The Balaban J connectivity index is 0.00000147. The van der Waals surface area contributed by atoms with Crippen molar-refractivity contribution in [1.82, 2.24) is 10.2 Å². The average Bonchev–Trinajstić information content (AvgIpc) is 3.19. The van der Waals surface area contributed by atoms with Gasteiger partial charge < -0.3 is 10.2 Å². The van der Waals surface area contributed by atoms with E-state index >= 15 is 0 Å². The van der Waals surface area contributed by atoms with Gasteiger partial charge in [-0.3, -0.25) is 4.79 Å². The zero-order valence-corrected chi connectivity index (χ0v) is 13.9. The first-order valence-electron chi connectivity index (χ1n) is 6.93. The Morgan fingerprint density at radius 2 is 2.25 bits per heavy atom. The molecule has 5 heteroatoms. The van der Waals surface area contributed by atoms with Crippen molar-refractivity contribution in [3.8, 4) is 0 Å². The summed E-state index contributed by atoms with van der Waals surface area (Å²) in [6.45, 7) is 4.81. The Kier molecular flexibility index (Phi) is 5.10. The van der Waals surface area contributed by atoms with E-state index in [0.717, 1.165) is 30.5 Å². The summed E-state index contributed by atoms with van der Waals surface area (Å²) in [5.74, 6) is 0.973. The van der Waals surface area contributed by atoms with Crippen LogP contribution in [0.5, 0.6) is 0 Å². The third-order valence-corrected chi connectivity index (χ3v) is 4.66. The molecule has 0 spiro atoms. The van der Waals surface area contributed by atoms with E-state index < -0.39 is 0 Å². The molecule has 3 atom stereocenters. The maximum atomic E-state index is 12.5. The van der Waals surface area contributed by atoms with Gasteiger partial charge in [0.05, 0.1) is 0 Å². The number of hydrogen-bond donors (Lipinski definition) is 1. The van der Waals surface area contributed by atoms with Gasteiger partial charge in [-0.1, -0.05) is 28.1 Å². The van der Waals surface area contributed by atoms with E-state index in [2.05, 4.69) is 45.2 Å². The smallest absolute Gasteiger partial charge is 0.226 e. The van der Waals surface area contributed by atoms with E-state index in [1.165, 1.54) is 5.56 Å². The molecule has 2 aliphatic rings. The summed E-state index contributed by atoms with van der Waals surface area (Å²) in [7, 11) is 0. The maximum Gasteiger partial charge on any atom is 0.226 e. The van der Waals surface area contributed by atoms with Crippen LogP contribution in [0.25, 0.3) is 0 Å². The number of rotatable bonds is 2. The lowest BCUT2D eigenvalue weighted by Gasteiger charge is -2.34. The van der Waals surface area contributed by atoms with Crippen LogP contribution < -0.4 is 5.32 Å². The van der Waals surface area contributed by atoms with Crippen LogP contribution in [0.2, 0.25) is 0 Å². The fourth-order valence-corrected chi connectivity index (χ4v) is 3.37. The number of hydrogen-bond acceptors (Lipinski definition) is 2. The third-order valence-electron chi connectivity index (χ3n) is 4.17. The molecule has 1 N–H and O–H groups in total. The van der Waals surface area contributed by atoms with Gasteiger partial charge in [0.15, 0.2) is 0 Å². The lowest BCUT2D eigenvalue weighted by molar-refractivity contribution is -0.135. The molecule has 1 aromatic carbocycles. The fraction of sp³-hybridized carbons (Fsp3) is 0.533. The van der Waals surface area contributed by atoms with Crippen molar-refractivity contribution in [2.75, 3.05) is 19.6 Å². The minimum absolute atomic E-state index is 0. The molecule has 1 heterocycles. The molecule has 1 amide bonds. The topological polar surface area (TPSA) is 32.3 Å². The molecular weight excluding hydrogens is 340 g/mol. The summed E-state index contributed by atoms with van der Waals surface area (Å²) >= 11 is 3.50. The molecule has 0 bridgehead atoms. The molecule has 2 fully saturated rings. The molecule has 1 aliphatic heterocycles. The molecule has 1 aromatic rings. The van der Waals surface area contributed by atoms with Crippen LogP contribution in [-0.2, 0) is 4.79 Å². The highest BCUT2D eigenvalue weighted by molar-refractivity contribution is 9.10. The van der Waals surface area contributed by atoms with Gasteiger partial charge in [-0.25, -0.2) is 0 Å². The lowest BCUT2D eigenvalue weighted by atomic mass is 10.1. The van der Waals surface area contributed by atoms with Gasteiger partial charge in [0.25, 0.3) is 0 Å². The van der Waals surface area contributed by atoms with Gasteiger partial charge in [0.2, 0.25) is 5.91 Å². The van der Waals surface area contributed by atoms with E-state index in [0.29, 0.717) is 17.9 Å². The number of piperazine rings is 1. The van der Waals surface area contributed by atoms with Crippen LogP contribution in [-0.4, -0.2) is 36.5 Å². The average molecular weight is 360 g/mol. The molecule has 3 unspecified atom stereocenters. The van der Waals surface area contributed by atoms with Crippen LogP contribution in [0.1, 0.15) is 24.8 Å². The van der Waals surface area contributed by atoms with Crippen molar-refractivity contribution in [3.05, 3.63) is 34.3 Å². The quantitative estimate of drug-likeness (QED) is 0.880. The molecule has 20 heavy (non-hydrogen) atoms. The van der Waals surface area contributed by atoms with Crippen LogP contribution >= 0.6 is 28.3 Å². The van der Waals surface area contributed by atoms with Crippen molar-refractivity contribution >= 4 is 34.2 Å². The van der Waals surface area contributed by atoms with E-state index in [1.807, 2.05) is 12.1 Å². The Labute approximate surface area is 134 Å². The Morgan fingerprint density at radius 3 is 2.95 bits per heavy atom. The zero-order valence-electron chi connectivity index (χ0n) is 11.5. The predicted molar refractivity (Wildman–Crippen MR) is 86.3 cm³/mol. The largest absolute Gasteiger partial charge is 0.337 e. The van der Waals surface area contributed by atoms with E-state index in [-0.39, 0.29) is 18.3 Å². The summed E-state index contributed by atoms with van der Waals surface area (Å²) in [6, 6.07) is 8.67. The molecule has 0 aromatic heterocycles. The van der Waals surface area contributed by atoms with Crippen LogP contribution in [0, 0.1) is 5.92 Å². The number of carbonyl (C=O) groups excluding carboxylic acids is 1. The van der Waals surface area contributed by atoms with E-state index in [1.54, 1.807) is 0 Å². The number of benzene rings is 1. The Hall–Kier alpha value is -0.580. The molecule has 1 saturated heterocycles. The molecule has 1 aliphatic carbocycles. The molecular formula is C15H20BrClN2O. The molecule has 3 rings (SSSR count). The second kappa shape index (κ2) is 6.46. The fourth-order valence-electron chi connectivity index (χ4n) is 2.95. The Morgan fingerprint density at radius 1 is 1.45 bits per heavy atom. The standard InChI is InChI=1S/C15H19BrN2O.ClH/c1-10-9-17-5-6-18(10)15(19)14-8-13(14)11-3-2-4-12(16)7-11;/h2-4,7,10,13-14,17H,5-6,8-9H2,1H3;1H. The second-order valence-corrected chi connectivity index (χ2v) is 6.50. The molecule has 3 nitrogen and oxygen atoms in total. The highest BCUT2D eigenvalue weighted by Crippen LogP contribution is 2.49. The minimum atomic E-state index is 0. The first-order chi connectivity index (χ1) is 9.16. The molecule has 0 radical (unpaired) electrons. The third kappa shape index (κ3) is 3.18. The van der Waals surface area contributed by atoms with Gasteiger partial charge in [-0.2, -0.15) is 0 Å². The molecule has 110 valence electrons. The number of nitrogens with zero attached hydrogens (tertiary/aromatic N) is 1. The summed E-state index contributed by atoms with van der Waals surface area (Å²) in [6.07, 6.45) is 1.01. The van der Waals surface area contributed by atoms with E-state index in [9.17, 15) is 4.79 Å². The first kappa shape index (κ1) is 15.8. The first-order valence-corrected chi connectivity index (χ1v) is 7.73. The Bertz CT molecular complexity index is 497. The van der Waals surface area contributed by atoms with Crippen LogP contribution in [0.3, 0.4) is 0 Å². The number of nitrogens with one attached hydrogen (secondary N) is 1. The summed E-state index contributed by atoms with van der Waals surface area (Å²) < 4.78 is 1.10. The summed E-state index contributed by atoms with van der Waals surface area (Å²) in [5.41, 5.74) is 1.29. The van der Waals surface area contributed by atoms with E-state index in [4.69, 9.17) is 0 Å². The second-order valence-electron chi connectivity index (χ2n) is 5.59. The summed E-state index contributed by atoms with van der Waals surface area (Å²) in [5, 5.41) is 3.33. The summed E-state index contributed by atoms with van der Waals surface area (Å²) in [4.78, 5) is 14.6. The van der Waals surface area contributed by atoms with Crippen LogP contribution in [0.4, 0.5) is 0 Å². The van der Waals surface area contributed by atoms with Crippen molar-refractivity contribution in [3.63, 3.8) is 0 Å². The van der Waals surface area contributed by atoms with Gasteiger partial charge in [-0.15, -0.1) is 12.4 Å². The number of amides is 1. The monoisotopic (exact) mass is 358 g/mol. The van der Waals surface area contributed by atoms with Crippen LogP contribution in [0.15, 0.2) is 28.7 Å². The normalized spacial score (nSPS) is 28.7. The highest BCUT2D eigenvalue weighted by Gasteiger charge is 2.46. The van der Waals surface area contributed by atoms with Crippen molar-refractivity contribution in [2.24, 2.45) is 5.92 Å². The van der Waals surface area contributed by atoms with Crippen molar-refractivity contribution in [2.45, 2.75) is 25.3 Å². The van der Waals surface area contributed by atoms with Gasteiger partial charge >= 0.3 is 0 Å².